The minimum Gasteiger partial charge on any atom is -0.351 e. The van der Waals surface area contributed by atoms with Crippen molar-refractivity contribution in [3.63, 3.8) is 0 Å². The van der Waals surface area contributed by atoms with Crippen molar-refractivity contribution >= 4 is 39.1 Å². The number of carbonyl (C=O) groups excluding carboxylic acids is 1. The monoisotopic (exact) mass is 482 g/mol. The standard InChI is InChI=1S/C21H24Cl2N4O3S/c1-26-10-19(25-12-26)31(29,30)27-8-16-17(9-27)21(16,7-13-2-3-13)11-24-20(28)15-5-4-14(22)6-18(15)23/h4-6,10,12-13,16-17H,2-3,7-9,11H2,1H3,(H,24,28)/t16-,17+,21?. The number of aromatic nitrogens is 2. The van der Waals surface area contributed by atoms with Gasteiger partial charge in [-0.2, -0.15) is 4.31 Å². The summed E-state index contributed by atoms with van der Waals surface area (Å²) < 4.78 is 29.0. The van der Waals surface area contributed by atoms with Crippen LogP contribution in [0.4, 0.5) is 0 Å². The second-order valence-electron chi connectivity index (χ2n) is 9.10. The van der Waals surface area contributed by atoms with Crippen LogP contribution in [-0.4, -0.2) is 47.8 Å². The molecular formula is C21H24Cl2N4O3S. The van der Waals surface area contributed by atoms with Crippen LogP contribution in [0, 0.1) is 23.2 Å². The van der Waals surface area contributed by atoms with Crippen LogP contribution in [0.5, 0.6) is 0 Å². The molecule has 10 heteroatoms. The number of imidazole rings is 1. The fourth-order valence-corrected chi connectivity index (χ4v) is 7.12. The number of fused-ring (bicyclic) bond motifs is 1. The Morgan fingerprint density at radius 1 is 1.26 bits per heavy atom. The van der Waals surface area contributed by atoms with Crippen molar-refractivity contribution < 1.29 is 13.2 Å². The topological polar surface area (TPSA) is 84.3 Å². The van der Waals surface area contributed by atoms with Crippen molar-refractivity contribution in [2.75, 3.05) is 19.6 Å². The third kappa shape index (κ3) is 3.77. The summed E-state index contributed by atoms with van der Waals surface area (Å²) in [5.74, 6) is 0.974. The smallest absolute Gasteiger partial charge is 0.262 e. The number of sulfonamides is 1. The van der Waals surface area contributed by atoms with Gasteiger partial charge in [0.1, 0.15) is 0 Å². The summed E-state index contributed by atoms with van der Waals surface area (Å²) in [7, 11) is -1.83. The number of carbonyl (C=O) groups is 1. The van der Waals surface area contributed by atoms with E-state index < -0.39 is 10.0 Å². The molecule has 2 heterocycles. The average Bonchev–Trinajstić information content (AvgIpc) is 3.47. The molecule has 1 N–H and O–H groups in total. The Morgan fingerprint density at radius 3 is 2.55 bits per heavy atom. The maximum Gasteiger partial charge on any atom is 0.262 e. The molecule has 1 unspecified atom stereocenters. The molecule has 1 amide bonds. The predicted octanol–water partition coefficient (Wildman–Crippen LogP) is 3.19. The van der Waals surface area contributed by atoms with Gasteiger partial charge in [-0.3, -0.25) is 4.79 Å². The van der Waals surface area contributed by atoms with Gasteiger partial charge in [0.25, 0.3) is 15.9 Å². The van der Waals surface area contributed by atoms with E-state index in [4.69, 9.17) is 23.2 Å². The van der Waals surface area contributed by atoms with E-state index in [1.165, 1.54) is 25.4 Å². The third-order valence-electron chi connectivity index (χ3n) is 7.06. The van der Waals surface area contributed by atoms with Gasteiger partial charge in [0.05, 0.1) is 16.9 Å². The molecule has 3 atom stereocenters. The number of nitrogens with one attached hydrogen (secondary N) is 1. The van der Waals surface area contributed by atoms with Gasteiger partial charge in [-0.1, -0.05) is 36.0 Å². The number of rotatable bonds is 7. The normalized spacial score (nSPS) is 27.8. The minimum absolute atomic E-state index is 0.0358. The molecule has 2 aliphatic carbocycles. The van der Waals surface area contributed by atoms with Gasteiger partial charge < -0.3 is 9.88 Å². The molecule has 166 valence electrons. The quantitative estimate of drug-likeness (QED) is 0.656. The van der Waals surface area contributed by atoms with Crippen LogP contribution in [-0.2, 0) is 17.1 Å². The van der Waals surface area contributed by atoms with Crippen molar-refractivity contribution in [3.05, 3.63) is 46.3 Å². The van der Waals surface area contributed by atoms with E-state index in [0.29, 0.717) is 41.2 Å². The van der Waals surface area contributed by atoms with E-state index in [1.54, 1.807) is 34.1 Å². The lowest BCUT2D eigenvalue weighted by Crippen LogP contribution is -2.39. The first-order chi connectivity index (χ1) is 14.7. The highest BCUT2D eigenvalue weighted by molar-refractivity contribution is 7.89. The summed E-state index contributed by atoms with van der Waals surface area (Å²) in [6.45, 7) is 1.50. The van der Waals surface area contributed by atoms with E-state index in [2.05, 4.69) is 10.3 Å². The van der Waals surface area contributed by atoms with E-state index in [9.17, 15) is 13.2 Å². The Kier molecular flexibility index (Phi) is 5.12. The van der Waals surface area contributed by atoms with Gasteiger partial charge in [-0.15, -0.1) is 0 Å². The number of benzene rings is 1. The molecule has 5 rings (SSSR count). The first-order valence-corrected chi connectivity index (χ1v) is 12.6. The lowest BCUT2D eigenvalue weighted by atomic mass is 9.92. The number of piperidine rings is 1. The summed E-state index contributed by atoms with van der Waals surface area (Å²) in [4.78, 5) is 16.8. The molecule has 1 aromatic heterocycles. The maximum atomic E-state index is 12.9. The van der Waals surface area contributed by atoms with Crippen LogP contribution in [0.3, 0.4) is 0 Å². The van der Waals surface area contributed by atoms with Crippen molar-refractivity contribution in [1.82, 2.24) is 19.2 Å². The Bertz CT molecular complexity index is 1130. The number of nitrogens with zero attached hydrogens (tertiary/aromatic N) is 3. The Hall–Kier alpha value is -1.61. The van der Waals surface area contributed by atoms with Crippen LogP contribution in [0.25, 0.3) is 0 Å². The largest absolute Gasteiger partial charge is 0.351 e. The van der Waals surface area contributed by atoms with Crippen LogP contribution in [0.1, 0.15) is 29.6 Å². The summed E-state index contributed by atoms with van der Waals surface area (Å²) in [5.41, 5.74) is 0.365. The van der Waals surface area contributed by atoms with Crippen molar-refractivity contribution in [3.8, 4) is 0 Å². The molecule has 1 aromatic carbocycles. The van der Waals surface area contributed by atoms with E-state index in [1.807, 2.05) is 0 Å². The van der Waals surface area contributed by atoms with Gasteiger partial charge in [0, 0.05) is 37.9 Å². The fraction of sp³-hybridized carbons (Fsp3) is 0.524. The number of amides is 1. The Morgan fingerprint density at radius 2 is 1.97 bits per heavy atom. The van der Waals surface area contributed by atoms with Gasteiger partial charge in [-0.05, 0) is 47.8 Å². The van der Waals surface area contributed by atoms with Crippen LogP contribution >= 0.6 is 23.2 Å². The summed E-state index contributed by atoms with van der Waals surface area (Å²) in [6.07, 6.45) is 6.50. The lowest BCUT2D eigenvalue weighted by molar-refractivity contribution is 0.0937. The maximum absolute atomic E-state index is 12.9. The van der Waals surface area contributed by atoms with E-state index in [-0.39, 0.29) is 28.2 Å². The highest BCUT2D eigenvalue weighted by atomic mass is 35.5. The van der Waals surface area contributed by atoms with Gasteiger partial charge in [-0.25, -0.2) is 13.4 Å². The van der Waals surface area contributed by atoms with Crippen molar-refractivity contribution in [2.45, 2.75) is 24.3 Å². The molecule has 3 fully saturated rings. The zero-order valence-electron chi connectivity index (χ0n) is 17.1. The average molecular weight is 483 g/mol. The zero-order chi connectivity index (χ0) is 22.0. The number of halogens is 2. The highest BCUT2D eigenvalue weighted by Crippen LogP contribution is 2.67. The molecular weight excluding hydrogens is 459 g/mol. The summed E-state index contributed by atoms with van der Waals surface area (Å²) in [5, 5.41) is 3.96. The molecule has 1 saturated heterocycles. The van der Waals surface area contributed by atoms with Gasteiger partial charge >= 0.3 is 0 Å². The molecule has 2 saturated carbocycles. The first kappa shape index (κ1) is 21.2. The second kappa shape index (κ2) is 7.47. The molecule has 1 aliphatic heterocycles. The number of aryl methyl sites for hydroxylation is 1. The molecule has 31 heavy (non-hydrogen) atoms. The van der Waals surface area contributed by atoms with Gasteiger partial charge in [0.15, 0.2) is 5.03 Å². The number of hydrogen-bond donors (Lipinski definition) is 1. The Labute approximate surface area is 191 Å². The summed E-state index contributed by atoms with van der Waals surface area (Å²) >= 11 is 12.1. The molecule has 0 spiro atoms. The molecule has 0 radical (unpaired) electrons. The third-order valence-corrected chi connectivity index (χ3v) is 9.32. The SMILES string of the molecule is Cn1cnc(S(=O)(=O)N2C[C@@H]3[C@H](C2)C3(CNC(=O)c2ccc(Cl)cc2Cl)CC2CC2)c1. The minimum atomic E-state index is -3.58. The van der Waals surface area contributed by atoms with Crippen LogP contribution in [0.15, 0.2) is 35.7 Å². The molecule has 2 aromatic rings. The summed E-state index contributed by atoms with van der Waals surface area (Å²) in [6, 6.07) is 4.83. The highest BCUT2D eigenvalue weighted by Gasteiger charge is 2.69. The van der Waals surface area contributed by atoms with E-state index in [0.717, 1.165) is 6.42 Å². The zero-order valence-corrected chi connectivity index (χ0v) is 19.4. The fourth-order valence-electron chi connectivity index (χ4n) is 5.16. The van der Waals surface area contributed by atoms with Crippen molar-refractivity contribution in [2.24, 2.45) is 30.2 Å². The second-order valence-corrected chi connectivity index (χ2v) is 11.8. The molecule has 7 nitrogen and oxygen atoms in total. The van der Waals surface area contributed by atoms with Crippen LogP contribution < -0.4 is 5.32 Å². The van der Waals surface area contributed by atoms with E-state index >= 15 is 0 Å². The first-order valence-electron chi connectivity index (χ1n) is 10.4. The Balaban J connectivity index is 1.28. The lowest BCUT2D eigenvalue weighted by Gasteiger charge is -2.26. The number of hydrogen-bond acceptors (Lipinski definition) is 4. The molecule has 3 aliphatic rings. The van der Waals surface area contributed by atoms with Crippen LogP contribution in [0.2, 0.25) is 10.0 Å². The predicted molar refractivity (Wildman–Crippen MR) is 118 cm³/mol. The van der Waals surface area contributed by atoms with Crippen molar-refractivity contribution in [1.29, 1.82) is 0 Å². The molecule has 0 bridgehead atoms. The van der Waals surface area contributed by atoms with Gasteiger partial charge in [0.2, 0.25) is 0 Å².